The summed E-state index contributed by atoms with van der Waals surface area (Å²) in [6.45, 7) is 9.19. The van der Waals surface area contributed by atoms with Gasteiger partial charge in [-0.1, -0.05) is 22.5 Å². The van der Waals surface area contributed by atoms with Gasteiger partial charge in [0.05, 0.1) is 6.61 Å². The second kappa shape index (κ2) is 7.07. The highest BCUT2D eigenvalue weighted by Gasteiger charge is 2.21. The van der Waals surface area contributed by atoms with Crippen molar-refractivity contribution in [1.82, 2.24) is 4.90 Å². The standard InChI is InChI=1S/C12H20BrNO2/c1-3-16-12(15)8-11-4-6-14(7-5-11)9-10(2)13/h11H,2-9H2,1H3. The maximum absolute atomic E-state index is 11.3. The first-order valence-corrected chi connectivity index (χ1v) is 6.62. The van der Waals surface area contributed by atoms with Crippen molar-refractivity contribution in [3.05, 3.63) is 11.1 Å². The van der Waals surface area contributed by atoms with Crippen LogP contribution in [0.25, 0.3) is 0 Å². The number of rotatable bonds is 5. The zero-order chi connectivity index (χ0) is 12.0. The normalized spacial score (nSPS) is 18.4. The van der Waals surface area contributed by atoms with Gasteiger partial charge in [-0.05, 0) is 38.8 Å². The number of halogens is 1. The predicted octanol–water partition coefficient (Wildman–Crippen LogP) is 2.56. The van der Waals surface area contributed by atoms with E-state index in [0.29, 0.717) is 18.9 Å². The monoisotopic (exact) mass is 289 g/mol. The molecule has 92 valence electrons. The van der Waals surface area contributed by atoms with Gasteiger partial charge in [-0.25, -0.2) is 0 Å². The van der Waals surface area contributed by atoms with Gasteiger partial charge in [-0.2, -0.15) is 0 Å². The van der Waals surface area contributed by atoms with Gasteiger partial charge in [-0.3, -0.25) is 9.69 Å². The van der Waals surface area contributed by atoms with E-state index in [1.807, 2.05) is 6.92 Å². The Labute approximate surface area is 106 Å². The van der Waals surface area contributed by atoms with Crippen LogP contribution in [-0.2, 0) is 9.53 Å². The van der Waals surface area contributed by atoms with Gasteiger partial charge in [-0.15, -0.1) is 0 Å². The molecule has 0 bridgehead atoms. The van der Waals surface area contributed by atoms with Crippen LogP contribution >= 0.6 is 15.9 Å². The van der Waals surface area contributed by atoms with Gasteiger partial charge in [0.15, 0.2) is 0 Å². The third-order valence-corrected chi connectivity index (χ3v) is 3.11. The zero-order valence-corrected chi connectivity index (χ0v) is 11.5. The van der Waals surface area contributed by atoms with Crippen LogP contribution in [0, 0.1) is 5.92 Å². The molecule has 16 heavy (non-hydrogen) atoms. The molecular weight excluding hydrogens is 270 g/mol. The van der Waals surface area contributed by atoms with E-state index in [1.165, 1.54) is 0 Å². The van der Waals surface area contributed by atoms with E-state index < -0.39 is 0 Å². The van der Waals surface area contributed by atoms with Crippen molar-refractivity contribution < 1.29 is 9.53 Å². The maximum Gasteiger partial charge on any atom is 0.306 e. The Morgan fingerprint density at radius 1 is 1.50 bits per heavy atom. The van der Waals surface area contributed by atoms with E-state index in [9.17, 15) is 4.79 Å². The smallest absolute Gasteiger partial charge is 0.306 e. The Morgan fingerprint density at radius 2 is 2.12 bits per heavy atom. The van der Waals surface area contributed by atoms with E-state index >= 15 is 0 Å². The third kappa shape index (κ3) is 5.12. The van der Waals surface area contributed by atoms with E-state index in [2.05, 4.69) is 27.4 Å². The Hall–Kier alpha value is -0.350. The summed E-state index contributed by atoms with van der Waals surface area (Å²) in [5.41, 5.74) is 0. The van der Waals surface area contributed by atoms with Crippen molar-refractivity contribution in [2.45, 2.75) is 26.2 Å². The molecule has 0 aliphatic carbocycles. The van der Waals surface area contributed by atoms with Crippen LogP contribution in [0.4, 0.5) is 0 Å². The second-order valence-electron chi connectivity index (χ2n) is 4.25. The lowest BCUT2D eigenvalue weighted by atomic mass is 9.93. The molecule has 3 nitrogen and oxygen atoms in total. The van der Waals surface area contributed by atoms with Crippen LogP contribution in [0.15, 0.2) is 11.1 Å². The lowest BCUT2D eigenvalue weighted by molar-refractivity contribution is -0.144. The molecule has 0 N–H and O–H groups in total. The summed E-state index contributed by atoms with van der Waals surface area (Å²) in [5.74, 6) is 0.449. The molecule has 0 amide bonds. The largest absolute Gasteiger partial charge is 0.466 e. The number of nitrogens with zero attached hydrogens (tertiary/aromatic N) is 1. The number of carbonyl (C=O) groups is 1. The Bertz CT molecular complexity index is 247. The van der Waals surface area contributed by atoms with E-state index in [1.54, 1.807) is 0 Å². The van der Waals surface area contributed by atoms with E-state index in [-0.39, 0.29) is 5.97 Å². The molecule has 1 saturated heterocycles. The zero-order valence-electron chi connectivity index (χ0n) is 9.88. The summed E-state index contributed by atoms with van der Waals surface area (Å²) in [6, 6.07) is 0. The molecule has 0 unspecified atom stereocenters. The van der Waals surface area contributed by atoms with Gasteiger partial charge in [0.2, 0.25) is 0 Å². The summed E-state index contributed by atoms with van der Waals surface area (Å²) in [5, 5.41) is 0. The lowest BCUT2D eigenvalue weighted by Crippen LogP contribution is -2.35. The fourth-order valence-electron chi connectivity index (χ4n) is 2.05. The van der Waals surface area contributed by atoms with Crippen LogP contribution in [-0.4, -0.2) is 37.1 Å². The highest BCUT2D eigenvalue weighted by Crippen LogP contribution is 2.21. The molecule has 0 aromatic heterocycles. The van der Waals surface area contributed by atoms with Crippen molar-refractivity contribution in [1.29, 1.82) is 0 Å². The summed E-state index contributed by atoms with van der Waals surface area (Å²) < 4.78 is 5.99. The summed E-state index contributed by atoms with van der Waals surface area (Å²) in [4.78, 5) is 13.7. The number of carbonyl (C=O) groups excluding carboxylic acids is 1. The maximum atomic E-state index is 11.3. The van der Waals surface area contributed by atoms with Gasteiger partial charge >= 0.3 is 5.97 Å². The first-order valence-electron chi connectivity index (χ1n) is 5.83. The molecule has 4 heteroatoms. The molecule has 0 saturated carbocycles. The quantitative estimate of drug-likeness (QED) is 0.729. The third-order valence-electron chi connectivity index (χ3n) is 2.86. The average molecular weight is 290 g/mol. The number of hydrogen-bond donors (Lipinski definition) is 0. The van der Waals surface area contributed by atoms with Crippen molar-refractivity contribution in [2.75, 3.05) is 26.2 Å². The number of ether oxygens (including phenoxy) is 1. The molecule has 0 radical (unpaired) electrons. The highest BCUT2D eigenvalue weighted by atomic mass is 79.9. The number of hydrogen-bond acceptors (Lipinski definition) is 3. The molecule has 0 spiro atoms. The van der Waals surface area contributed by atoms with Gasteiger partial charge < -0.3 is 4.74 Å². The summed E-state index contributed by atoms with van der Waals surface area (Å²) >= 11 is 3.38. The Kier molecular flexibility index (Phi) is 6.06. The molecule has 0 atom stereocenters. The first kappa shape index (κ1) is 13.7. The number of piperidine rings is 1. The molecule has 1 rings (SSSR count). The van der Waals surface area contributed by atoms with Crippen LogP contribution < -0.4 is 0 Å². The van der Waals surface area contributed by atoms with Gasteiger partial charge in [0.1, 0.15) is 0 Å². The van der Waals surface area contributed by atoms with Gasteiger partial charge in [0.25, 0.3) is 0 Å². The molecular formula is C12H20BrNO2. The van der Waals surface area contributed by atoms with Crippen molar-refractivity contribution in [3.63, 3.8) is 0 Å². The van der Waals surface area contributed by atoms with Gasteiger partial charge in [0, 0.05) is 17.4 Å². The minimum absolute atomic E-state index is 0.0501. The van der Waals surface area contributed by atoms with E-state index in [4.69, 9.17) is 4.74 Å². The Balaban J connectivity index is 2.21. The first-order chi connectivity index (χ1) is 7.61. The predicted molar refractivity (Wildman–Crippen MR) is 68.5 cm³/mol. The van der Waals surface area contributed by atoms with Crippen LogP contribution in [0.3, 0.4) is 0 Å². The van der Waals surface area contributed by atoms with Crippen molar-refractivity contribution in [3.8, 4) is 0 Å². The molecule has 0 aromatic carbocycles. The minimum atomic E-state index is -0.0501. The Morgan fingerprint density at radius 3 is 2.62 bits per heavy atom. The lowest BCUT2D eigenvalue weighted by Gasteiger charge is -2.31. The second-order valence-corrected chi connectivity index (χ2v) is 5.37. The molecule has 1 heterocycles. The van der Waals surface area contributed by atoms with Crippen molar-refractivity contribution >= 4 is 21.9 Å². The summed E-state index contributed by atoms with van der Waals surface area (Å²) in [6.07, 6.45) is 2.75. The number of esters is 1. The number of likely N-dealkylation sites (tertiary alicyclic amines) is 1. The fourth-order valence-corrected chi connectivity index (χ4v) is 2.40. The molecule has 1 aliphatic heterocycles. The molecule has 1 fully saturated rings. The van der Waals surface area contributed by atoms with Crippen LogP contribution in [0.2, 0.25) is 0 Å². The molecule has 1 aliphatic rings. The van der Waals surface area contributed by atoms with E-state index in [0.717, 1.165) is 37.0 Å². The van der Waals surface area contributed by atoms with Crippen molar-refractivity contribution in [2.24, 2.45) is 5.92 Å². The van der Waals surface area contributed by atoms with Crippen LogP contribution in [0.5, 0.6) is 0 Å². The highest BCUT2D eigenvalue weighted by molar-refractivity contribution is 9.11. The minimum Gasteiger partial charge on any atom is -0.466 e. The summed E-state index contributed by atoms with van der Waals surface area (Å²) in [7, 11) is 0. The molecule has 0 aromatic rings. The SMILES string of the molecule is C=C(Br)CN1CCC(CC(=O)OCC)CC1. The van der Waals surface area contributed by atoms with Crippen LogP contribution in [0.1, 0.15) is 26.2 Å². The fraction of sp³-hybridized carbons (Fsp3) is 0.750. The average Bonchev–Trinajstić information content (AvgIpc) is 2.20. The topological polar surface area (TPSA) is 29.5 Å².